The monoisotopic (exact) mass is 340 g/mol. The zero-order chi connectivity index (χ0) is 14.8. The molecule has 3 aromatic rings. The van der Waals surface area contributed by atoms with Crippen LogP contribution in [0.2, 0.25) is 10.0 Å². The van der Waals surface area contributed by atoms with E-state index in [1.54, 1.807) is 30.6 Å². The maximum atomic E-state index is 6.14. The van der Waals surface area contributed by atoms with Gasteiger partial charge in [0.1, 0.15) is 0 Å². The topological polar surface area (TPSA) is 67.6 Å². The van der Waals surface area contributed by atoms with Crippen molar-refractivity contribution in [2.24, 2.45) is 0 Å². The van der Waals surface area contributed by atoms with Crippen molar-refractivity contribution >= 4 is 35.0 Å². The minimum Gasteiger partial charge on any atom is -0.419 e. The van der Waals surface area contributed by atoms with E-state index < -0.39 is 0 Å². The van der Waals surface area contributed by atoms with Crippen molar-refractivity contribution in [3.8, 4) is 11.5 Å². The third kappa shape index (κ3) is 3.23. The van der Waals surface area contributed by atoms with Crippen LogP contribution >= 0.6 is 35.0 Å². The SMILES string of the molecule is C[C@H](Sc1ncc[nH]1)c1nnc(-c2ccc(Cl)cc2Cl)o1. The highest BCUT2D eigenvalue weighted by Crippen LogP contribution is 2.35. The molecule has 1 N–H and O–H groups in total. The molecule has 108 valence electrons. The second-order valence-electron chi connectivity index (χ2n) is 4.22. The molecule has 5 nitrogen and oxygen atoms in total. The molecule has 0 fully saturated rings. The van der Waals surface area contributed by atoms with Gasteiger partial charge < -0.3 is 9.40 Å². The summed E-state index contributed by atoms with van der Waals surface area (Å²) in [7, 11) is 0. The molecule has 0 spiro atoms. The van der Waals surface area contributed by atoms with Crippen LogP contribution < -0.4 is 0 Å². The van der Waals surface area contributed by atoms with Crippen molar-refractivity contribution in [3.05, 3.63) is 46.5 Å². The Bertz CT molecular complexity index is 744. The van der Waals surface area contributed by atoms with Crippen LogP contribution in [0.3, 0.4) is 0 Å². The van der Waals surface area contributed by atoms with Gasteiger partial charge in [-0.15, -0.1) is 10.2 Å². The van der Waals surface area contributed by atoms with E-state index in [1.807, 2.05) is 6.92 Å². The van der Waals surface area contributed by atoms with Gasteiger partial charge in [-0.2, -0.15) is 0 Å². The first-order valence-corrected chi connectivity index (χ1v) is 7.72. The van der Waals surface area contributed by atoms with Gasteiger partial charge in [0, 0.05) is 17.4 Å². The average Bonchev–Trinajstić information content (AvgIpc) is 3.09. The molecule has 0 aliphatic carbocycles. The number of imidazole rings is 1. The molecule has 0 unspecified atom stereocenters. The molecule has 2 heterocycles. The van der Waals surface area contributed by atoms with E-state index in [2.05, 4.69) is 20.2 Å². The van der Waals surface area contributed by atoms with Gasteiger partial charge in [0.25, 0.3) is 0 Å². The van der Waals surface area contributed by atoms with Crippen LogP contribution in [-0.4, -0.2) is 20.2 Å². The zero-order valence-corrected chi connectivity index (χ0v) is 13.2. The van der Waals surface area contributed by atoms with Gasteiger partial charge in [-0.25, -0.2) is 4.98 Å². The normalized spacial score (nSPS) is 12.5. The second-order valence-corrected chi connectivity index (χ2v) is 6.40. The Labute approximate surface area is 135 Å². The number of aromatic amines is 1. The minimum absolute atomic E-state index is 0.0246. The number of halogens is 2. The number of benzene rings is 1. The van der Waals surface area contributed by atoms with Crippen LogP contribution in [0.5, 0.6) is 0 Å². The lowest BCUT2D eigenvalue weighted by Crippen LogP contribution is -1.89. The van der Waals surface area contributed by atoms with Gasteiger partial charge in [-0.1, -0.05) is 35.0 Å². The molecule has 21 heavy (non-hydrogen) atoms. The summed E-state index contributed by atoms with van der Waals surface area (Å²) in [6.07, 6.45) is 3.46. The predicted octanol–water partition coefficient (Wildman–Crippen LogP) is 4.62. The van der Waals surface area contributed by atoms with E-state index in [4.69, 9.17) is 27.6 Å². The van der Waals surface area contributed by atoms with Gasteiger partial charge in [0.05, 0.1) is 15.8 Å². The maximum absolute atomic E-state index is 6.14. The number of H-pyrrole nitrogens is 1. The van der Waals surface area contributed by atoms with E-state index in [1.165, 1.54) is 11.8 Å². The Morgan fingerprint density at radius 1 is 1.29 bits per heavy atom. The number of nitrogens with zero attached hydrogens (tertiary/aromatic N) is 3. The van der Waals surface area contributed by atoms with Crippen molar-refractivity contribution in [2.45, 2.75) is 17.3 Å². The van der Waals surface area contributed by atoms with Crippen molar-refractivity contribution in [3.63, 3.8) is 0 Å². The lowest BCUT2D eigenvalue weighted by atomic mass is 10.2. The van der Waals surface area contributed by atoms with E-state index in [0.717, 1.165) is 5.16 Å². The number of rotatable bonds is 4. The van der Waals surface area contributed by atoms with Crippen LogP contribution in [0.4, 0.5) is 0 Å². The largest absolute Gasteiger partial charge is 0.419 e. The van der Waals surface area contributed by atoms with Crippen molar-refractivity contribution < 1.29 is 4.42 Å². The molecule has 0 saturated heterocycles. The fraction of sp³-hybridized carbons (Fsp3) is 0.154. The number of hydrogen-bond acceptors (Lipinski definition) is 5. The highest BCUT2D eigenvalue weighted by Gasteiger charge is 2.18. The van der Waals surface area contributed by atoms with Crippen LogP contribution in [0.1, 0.15) is 18.1 Å². The third-order valence-electron chi connectivity index (χ3n) is 2.71. The first-order valence-electron chi connectivity index (χ1n) is 6.08. The Morgan fingerprint density at radius 2 is 2.14 bits per heavy atom. The summed E-state index contributed by atoms with van der Waals surface area (Å²) in [6.45, 7) is 1.97. The van der Waals surface area contributed by atoms with Crippen LogP contribution in [0.25, 0.3) is 11.5 Å². The fourth-order valence-electron chi connectivity index (χ4n) is 1.70. The maximum Gasteiger partial charge on any atom is 0.249 e. The summed E-state index contributed by atoms with van der Waals surface area (Å²) in [5.41, 5.74) is 0.662. The van der Waals surface area contributed by atoms with Gasteiger partial charge in [0.15, 0.2) is 5.16 Å². The molecule has 0 aliphatic rings. The molecule has 0 saturated carbocycles. The highest BCUT2D eigenvalue weighted by atomic mass is 35.5. The molecular weight excluding hydrogens is 331 g/mol. The summed E-state index contributed by atoms with van der Waals surface area (Å²) >= 11 is 13.5. The summed E-state index contributed by atoms with van der Waals surface area (Å²) in [5.74, 6) is 0.885. The fourth-order valence-corrected chi connectivity index (χ4v) is 2.98. The summed E-state index contributed by atoms with van der Waals surface area (Å²) < 4.78 is 5.69. The van der Waals surface area contributed by atoms with Crippen molar-refractivity contribution in [2.75, 3.05) is 0 Å². The smallest absolute Gasteiger partial charge is 0.249 e. The summed E-state index contributed by atoms with van der Waals surface area (Å²) in [5, 5.41) is 9.91. The van der Waals surface area contributed by atoms with Crippen molar-refractivity contribution in [1.82, 2.24) is 20.2 Å². The quantitative estimate of drug-likeness (QED) is 0.701. The van der Waals surface area contributed by atoms with Crippen LogP contribution in [0, 0.1) is 0 Å². The molecule has 1 atom stereocenters. The standard InChI is InChI=1S/C13H10Cl2N4OS/c1-7(21-13-16-4-5-17-13)11-18-19-12(20-11)9-3-2-8(14)6-10(9)15/h2-7H,1H3,(H,16,17)/t7-/m0/s1. The average molecular weight is 341 g/mol. The van der Waals surface area contributed by atoms with Crippen LogP contribution in [0.15, 0.2) is 40.2 Å². The molecule has 1 aromatic carbocycles. The van der Waals surface area contributed by atoms with Gasteiger partial charge in [-0.05, 0) is 25.1 Å². The lowest BCUT2D eigenvalue weighted by Gasteiger charge is -2.03. The number of hydrogen-bond donors (Lipinski definition) is 1. The Morgan fingerprint density at radius 3 is 2.86 bits per heavy atom. The third-order valence-corrected chi connectivity index (χ3v) is 4.26. The Balaban J connectivity index is 1.82. The first kappa shape index (κ1) is 14.4. The number of nitrogens with one attached hydrogen (secondary N) is 1. The molecular formula is C13H10Cl2N4OS. The number of aromatic nitrogens is 4. The Kier molecular flexibility index (Phi) is 4.19. The molecule has 0 aliphatic heterocycles. The molecule has 0 amide bonds. The lowest BCUT2D eigenvalue weighted by molar-refractivity contribution is 0.509. The van der Waals surface area contributed by atoms with E-state index >= 15 is 0 Å². The van der Waals surface area contributed by atoms with Gasteiger partial charge >= 0.3 is 0 Å². The molecule has 2 aromatic heterocycles. The predicted molar refractivity (Wildman–Crippen MR) is 82.6 cm³/mol. The summed E-state index contributed by atoms with van der Waals surface area (Å²) in [4.78, 5) is 7.17. The number of thioether (sulfide) groups is 1. The molecule has 3 rings (SSSR count). The molecule has 0 radical (unpaired) electrons. The van der Waals surface area contributed by atoms with Gasteiger partial charge in [0.2, 0.25) is 11.8 Å². The van der Waals surface area contributed by atoms with Gasteiger partial charge in [-0.3, -0.25) is 0 Å². The van der Waals surface area contributed by atoms with E-state index in [9.17, 15) is 0 Å². The van der Waals surface area contributed by atoms with E-state index in [-0.39, 0.29) is 5.25 Å². The summed E-state index contributed by atoms with van der Waals surface area (Å²) in [6, 6.07) is 5.13. The minimum atomic E-state index is -0.0246. The van der Waals surface area contributed by atoms with Crippen molar-refractivity contribution in [1.29, 1.82) is 0 Å². The highest BCUT2D eigenvalue weighted by molar-refractivity contribution is 7.99. The zero-order valence-electron chi connectivity index (χ0n) is 10.9. The first-order chi connectivity index (χ1) is 10.1. The Hall–Kier alpha value is -1.50. The second kappa shape index (κ2) is 6.09. The molecule has 0 bridgehead atoms. The molecule has 8 heteroatoms. The van der Waals surface area contributed by atoms with Crippen LogP contribution in [-0.2, 0) is 0 Å². The van der Waals surface area contributed by atoms with E-state index in [0.29, 0.717) is 27.4 Å².